The van der Waals surface area contributed by atoms with Crippen LogP contribution in [0.3, 0.4) is 0 Å². The quantitative estimate of drug-likeness (QED) is 0.180. The van der Waals surface area contributed by atoms with Crippen LogP contribution in [0.1, 0.15) is 16.7 Å². The maximum Gasteiger partial charge on any atom is 0.0541 e. The summed E-state index contributed by atoms with van der Waals surface area (Å²) in [6, 6.07) is 58.1. The van der Waals surface area contributed by atoms with Crippen LogP contribution in [0.25, 0.3) is 60.9 Å². The number of aromatic nitrogens is 1. The Hall–Kier alpha value is -5.86. The summed E-state index contributed by atoms with van der Waals surface area (Å²) in [5.41, 5.74) is 17.7. The molecule has 0 saturated heterocycles. The van der Waals surface area contributed by atoms with Gasteiger partial charge in [-0.15, -0.1) is 0 Å². The van der Waals surface area contributed by atoms with E-state index in [0.717, 1.165) is 5.69 Å². The maximum absolute atomic E-state index is 2.39. The van der Waals surface area contributed by atoms with Crippen molar-refractivity contribution in [1.29, 1.82) is 0 Å². The molecular weight excluding hydrogens is 581 g/mol. The standard InChI is InChI=1S/C46H36N2/c1-31-11-13-32(14-12-31)38-21-25-45-43(29-38)44-30-39(22-26-46(44)48(45)41-8-4-3-5-9-41)34-19-23-40(24-20-34)47(2)42-10-6-7-35(28-42)37-18-16-33-15-17-36(33)27-37/h3-14,16,18-30H,15,17H2,1-2H3. The third kappa shape index (κ3) is 4.89. The Morgan fingerprint density at radius 3 is 1.62 bits per heavy atom. The van der Waals surface area contributed by atoms with Gasteiger partial charge in [0, 0.05) is 34.9 Å². The van der Waals surface area contributed by atoms with Gasteiger partial charge in [-0.25, -0.2) is 0 Å². The van der Waals surface area contributed by atoms with Crippen molar-refractivity contribution in [2.75, 3.05) is 11.9 Å². The molecule has 1 aromatic heterocycles. The Labute approximate surface area is 282 Å². The number of aryl methyl sites for hydroxylation is 3. The van der Waals surface area contributed by atoms with Crippen molar-refractivity contribution < 1.29 is 0 Å². The maximum atomic E-state index is 2.39. The molecule has 0 radical (unpaired) electrons. The molecule has 2 nitrogen and oxygen atoms in total. The minimum absolute atomic E-state index is 1.16. The SMILES string of the molecule is Cc1ccc(-c2ccc3c(c2)c2cc(-c4ccc(N(C)c5cccc(-c6ccc7c(c6)CC7)c5)cc4)ccc2n3-c2ccccc2)cc1. The van der Waals surface area contributed by atoms with E-state index in [1.807, 2.05) is 0 Å². The average molecular weight is 617 g/mol. The Morgan fingerprint density at radius 2 is 1.00 bits per heavy atom. The van der Waals surface area contributed by atoms with E-state index >= 15 is 0 Å². The zero-order valence-corrected chi connectivity index (χ0v) is 27.3. The van der Waals surface area contributed by atoms with Crippen LogP contribution in [-0.2, 0) is 12.8 Å². The first-order chi connectivity index (χ1) is 23.6. The van der Waals surface area contributed by atoms with Crippen molar-refractivity contribution in [3.05, 3.63) is 174 Å². The topological polar surface area (TPSA) is 8.17 Å². The van der Waals surface area contributed by atoms with E-state index in [1.165, 1.54) is 96.1 Å². The molecule has 9 rings (SSSR count). The number of fused-ring (bicyclic) bond motifs is 4. The largest absolute Gasteiger partial charge is 0.345 e. The van der Waals surface area contributed by atoms with Crippen LogP contribution in [0.5, 0.6) is 0 Å². The second-order valence-corrected chi connectivity index (χ2v) is 13.1. The number of para-hydroxylation sites is 1. The zero-order valence-electron chi connectivity index (χ0n) is 27.3. The summed E-state index contributed by atoms with van der Waals surface area (Å²) in [5, 5.41) is 2.52. The van der Waals surface area contributed by atoms with Gasteiger partial charge in [0.2, 0.25) is 0 Å². The zero-order chi connectivity index (χ0) is 32.2. The van der Waals surface area contributed by atoms with Crippen molar-refractivity contribution in [2.24, 2.45) is 0 Å². The molecule has 0 spiro atoms. The number of hydrogen-bond donors (Lipinski definition) is 0. The summed E-state index contributed by atoms with van der Waals surface area (Å²) in [6.45, 7) is 2.14. The molecule has 0 atom stereocenters. The van der Waals surface area contributed by atoms with E-state index in [9.17, 15) is 0 Å². The van der Waals surface area contributed by atoms with Gasteiger partial charge >= 0.3 is 0 Å². The van der Waals surface area contributed by atoms with Crippen LogP contribution >= 0.6 is 0 Å². The molecule has 0 bridgehead atoms. The van der Waals surface area contributed by atoms with Crippen LogP contribution in [0, 0.1) is 6.92 Å². The van der Waals surface area contributed by atoms with Gasteiger partial charge in [0.15, 0.2) is 0 Å². The number of hydrogen-bond acceptors (Lipinski definition) is 1. The van der Waals surface area contributed by atoms with Gasteiger partial charge < -0.3 is 9.47 Å². The van der Waals surface area contributed by atoms with Crippen molar-refractivity contribution in [3.8, 4) is 39.1 Å². The highest BCUT2D eigenvalue weighted by Gasteiger charge is 2.16. The average Bonchev–Trinajstić information content (AvgIpc) is 3.45. The van der Waals surface area contributed by atoms with Gasteiger partial charge in [-0.1, -0.05) is 103 Å². The van der Waals surface area contributed by atoms with Crippen molar-refractivity contribution in [3.63, 3.8) is 0 Å². The molecule has 1 aliphatic carbocycles. The van der Waals surface area contributed by atoms with E-state index in [1.54, 1.807) is 0 Å². The summed E-state index contributed by atoms with van der Waals surface area (Å²) < 4.78 is 2.39. The van der Waals surface area contributed by atoms with E-state index in [4.69, 9.17) is 0 Å². The number of rotatable bonds is 6. The molecule has 8 aromatic rings. The van der Waals surface area contributed by atoms with Crippen molar-refractivity contribution >= 4 is 33.2 Å². The summed E-state index contributed by atoms with van der Waals surface area (Å²) in [4.78, 5) is 2.28. The van der Waals surface area contributed by atoms with Gasteiger partial charge in [0.1, 0.15) is 0 Å². The first kappa shape index (κ1) is 28.4. The second-order valence-electron chi connectivity index (χ2n) is 13.1. The Balaban J connectivity index is 1.08. The van der Waals surface area contributed by atoms with Crippen molar-refractivity contribution in [1.82, 2.24) is 4.57 Å². The van der Waals surface area contributed by atoms with E-state index in [2.05, 4.69) is 181 Å². The third-order valence-corrected chi connectivity index (χ3v) is 10.2. The van der Waals surface area contributed by atoms with Gasteiger partial charge in [-0.05, 0) is 125 Å². The lowest BCUT2D eigenvalue weighted by atomic mass is 9.86. The lowest BCUT2D eigenvalue weighted by Crippen LogP contribution is -2.09. The molecular formula is C46H36N2. The molecule has 0 fully saturated rings. The lowest BCUT2D eigenvalue weighted by Gasteiger charge is -2.22. The predicted molar refractivity (Wildman–Crippen MR) is 204 cm³/mol. The fourth-order valence-corrected chi connectivity index (χ4v) is 7.28. The number of nitrogens with zero attached hydrogens (tertiary/aromatic N) is 2. The Bertz CT molecular complexity index is 2450. The molecule has 0 saturated carbocycles. The highest BCUT2D eigenvalue weighted by Crippen LogP contribution is 2.38. The van der Waals surface area contributed by atoms with E-state index in [0.29, 0.717) is 0 Å². The van der Waals surface area contributed by atoms with Gasteiger partial charge in [-0.3, -0.25) is 0 Å². The molecule has 2 heteroatoms. The molecule has 0 amide bonds. The first-order valence-corrected chi connectivity index (χ1v) is 16.9. The smallest absolute Gasteiger partial charge is 0.0541 e. The fraction of sp³-hybridized carbons (Fsp3) is 0.0870. The molecule has 0 unspecified atom stereocenters. The Kier molecular flexibility index (Phi) is 6.76. The summed E-state index contributed by atoms with van der Waals surface area (Å²) in [6.07, 6.45) is 2.42. The van der Waals surface area contributed by atoms with Crippen LogP contribution < -0.4 is 4.90 Å². The lowest BCUT2D eigenvalue weighted by molar-refractivity contribution is 0.840. The molecule has 7 aromatic carbocycles. The van der Waals surface area contributed by atoms with Crippen molar-refractivity contribution in [2.45, 2.75) is 19.8 Å². The molecule has 0 N–H and O–H groups in total. The molecule has 230 valence electrons. The first-order valence-electron chi connectivity index (χ1n) is 16.9. The van der Waals surface area contributed by atoms with E-state index < -0.39 is 0 Å². The monoisotopic (exact) mass is 616 g/mol. The van der Waals surface area contributed by atoms with Crippen LogP contribution in [0.15, 0.2) is 158 Å². The van der Waals surface area contributed by atoms with Gasteiger partial charge in [-0.2, -0.15) is 0 Å². The van der Waals surface area contributed by atoms with Gasteiger partial charge in [0.05, 0.1) is 11.0 Å². The molecule has 1 aliphatic rings. The van der Waals surface area contributed by atoms with Crippen LogP contribution in [0.4, 0.5) is 11.4 Å². The summed E-state index contributed by atoms with van der Waals surface area (Å²) in [5.74, 6) is 0. The van der Waals surface area contributed by atoms with Crippen LogP contribution in [-0.4, -0.2) is 11.6 Å². The minimum Gasteiger partial charge on any atom is -0.345 e. The Morgan fingerprint density at radius 1 is 0.438 bits per heavy atom. The summed E-state index contributed by atoms with van der Waals surface area (Å²) >= 11 is 0. The minimum atomic E-state index is 1.16. The second kappa shape index (κ2) is 11.4. The number of benzene rings is 7. The highest BCUT2D eigenvalue weighted by atomic mass is 15.1. The molecule has 1 heterocycles. The fourth-order valence-electron chi connectivity index (χ4n) is 7.28. The number of anilines is 2. The van der Waals surface area contributed by atoms with E-state index in [-0.39, 0.29) is 0 Å². The molecule has 48 heavy (non-hydrogen) atoms. The normalized spacial score (nSPS) is 12.2. The molecule has 0 aliphatic heterocycles. The highest BCUT2D eigenvalue weighted by molar-refractivity contribution is 6.11. The van der Waals surface area contributed by atoms with Gasteiger partial charge in [0.25, 0.3) is 0 Å². The van der Waals surface area contributed by atoms with Crippen LogP contribution in [0.2, 0.25) is 0 Å². The third-order valence-electron chi connectivity index (χ3n) is 10.2. The summed E-state index contributed by atoms with van der Waals surface area (Å²) in [7, 11) is 2.15. The predicted octanol–water partition coefficient (Wildman–Crippen LogP) is 12.0.